The summed E-state index contributed by atoms with van der Waals surface area (Å²) < 4.78 is 5.65. The van der Waals surface area contributed by atoms with Crippen molar-refractivity contribution in [2.24, 2.45) is 34.5 Å². The maximum absolute atomic E-state index is 13.9. The van der Waals surface area contributed by atoms with Gasteiger partial charge >= 0.3 is 5.97 Å². The van der Waals surface area contributed by atoms with E-state index < -0.39 is 60.4 Å². The summed E-state index contributed by atoms with van der Waals surface area (Å²) >= 11 is 0. The highest BCUT2D eigenvalue weighted by Gasteiger charge is 2.71. The first-order chi connectivity index (χ1) is 17.8. The van der Waals surface area contributed by atoms with Crippen LogP contribution in [0.2, 0.25) is 0 Å². The topological polar surface area (TPSA) is 202 Å². The number of aliphatic hydroxyl groups excluding tert-OH is 7. The molecule has 216 valence electrons. The van der Waals surface area contributed by atoms with Crippen LogP contribution in [-0.4, -0.2) is 103 Å². The quantitative estimate of drug-likeness (QED) is 0.183. The van der Waals surface area contributed by atoms with Crippen LogP contribution in [0, 0.1) is 34.5 Å². The molecule has 7 N–H and O–H groups in total. The number of esters is 1. The molecule has 4 aliphatic rings. The van der Waals surface area contributed by atoms with Crippen molar-refractivity contribution in [3.63, 3.8) is 0 Å². The van der Waals surface area contributed by atoms with E-state index in [1.807, 2.05) is 0 Å². The monoisotopic (exact) mass is 542 g/mol. The molecule has 0 aromatic rings. The molecule has 4 rings (SSSR count). The zero-order valence-corrected chi connectivity index (χ0v) is 22.0. The molecule has 0 unspecified atom stereocenters. The predicted octanol–water partition coefficient (Wildman–Crippen LogP) is -1.15. The SMILES string of the molecule is C[C@]12CC[C@@H](O)C[C@H]1CC[C@@H]1[C@@H]2C(=O)C[C@@]2(C)[C@H]1CC[C@]2(OC(=O)[C@H](O)[C@@H](O)[C@H](O)[C@H](O)CO)C(=O)CO. The molecule has 0 amide bonds. The van der Waals surface area contributed by atoms with Crippen molar-refractivity contribution in [1.29, 1.82) is 0 Å². The molecule has 4 aliphatic carbocycles. The Labute approximate surface area is 221 Å². The van der Waals surface area contributed by atoms with Crippen molar-refractivity contribution in [2.45, 2.75) is 101 Å². The molecular weight excluding hydrogens is 500 g/mol. The summed E-state index contributed by atoms with van der Waals surface area (Å²) in [6.45, 7) is 1.95. The largest absolute Gasteiger partial charge is 0.448 e. The van der Waals surface area contributed by atoms with Crippen LogP contribution in [0.1, 0.15) is 65.2 Å². The van der Waals surface area contributed by atoms with E-state index in [2.05, 4.69) is 6.92 Å². The third-order valence-electron chi connectivity index (χ3n) is 10.8. The molecule has 0 radical (unpaired) electrons. The fraction of sp³-hybridized carbons (Fsp3) is 0.889. The average Bonchev–Trinajstić information content (AvgIpc) is 3.18. The molecule has 4 saturated carbocycles. The van der Waals surface area contributed by atoms with E-state index in [1.165, 1.54) is 0 Å². The summed E-state index contributed by atoms with van der Waals surface area (Å²) in [5.41, 5.74) is -3.36. The van der Waals surface area contributed by atoms with Gasteiger partial charge in [-0.15, -0.1) is 0 Å². The van der Waals surface area contributed by atoms with Crippen LogP contribution in [0.4, 0.5) is 0 Å². The average molecular weight is 543 g/mol. The lowest BCUT2D eigenvalue weighted by Crippen LogP contribution is -2.64. The highest BCUT2D eigenvalue weighted by atomic mass is 16.6. The summed E-state index contributed by atoms with van der Waals surface area (Å²) in [5, 5.41) is 69.2. The number of hydrogen-bond donors (Lipinski definition) is 7. The normalized spacial score (nSPS) is 43.7. The second-order valence-corrected chi connectivity index (χ2v) is 12.6. The first kappa shape index (κ1) is 29.5. The van der Waals surface area contributed by atoms with Crippen LogP contribution in [0.3, 0.4) is 0 Å². The Morgan fingerprint density at radius 1 is 1.00 bits per heavy atom. The van der Waals surface area contributed by atoms with Crippen molar-refractivity contribution in [2.75, 3.05) is 13.2 Å². The number of fused-ring (bicyclic) bond motifs is 5. The van der Waals surface area contributed by atoms with E-state index >= 15 is 0 Å². The molecule has 0 aliphatic heterocycles. The fourth-order valence-electron chi connectivity index (χ4n) is 8.74. The fourth-order valence-corrected chi connectivity index (χ4v) is 8.74. The Kier molecular flexibility index (Phi) is 8.15. The molecule has 0 saturated heterocycles. The molecule has 11 nitrogen and oxygen atoms in total. The van der Waals surface area contributed by atoms with Crippen LogP contribution < -0.4 is 0 Å². The first-order valence-electron chi connectivity index (χ1n) is 13.7. The maximum atomic E-state index is 13.9. The number of rotatable bonds is 8. The minimum atomic E-state index is -2.35. The molecule has 4 fully saturated rings. The van der Waals surface area contributed by atoms with Gasteiger partial charge in [0.15, 0.2) is 11.7 Å². The molecule has 0 heterocycles. The minimum Gasteiger partial charge on any atom is -0.448 e. The number of hydrogen-bond acceptors (Lipinski definition) is 11. The number of aliphatic hydroxyl groups is 7. The van der Waals surface area contributed by atoms with Gasteiger partial charge in [-0.05, 0) is 68.1 Å². The molecule has 0 aromatic carbocycles. The van der Waals surface area contributed by atoms with Crippen LogP contribution in [-0.2, 0) is 19.1 Å². The third kappa shape index (κ3) is 4.34. The number of Topliss-reactive ketones (excluding diaryl/α,β-unsaturated/α-hetero) is 2. The van der Waals surface area contributed by atoms with Gasteiger partial charge in [-0.25, -0.2) is 4.79 Å². The summed E-state index contributed by atoms with van der Waals surface area (Å²) in [5.74, 6) is -2.54. The number of carbonyl (C=O) groups excluding carboxylic acids is 3. The van der Waals surface area contributed by atoms with Gasteiger partial charge < -0.3 is 40.5 Å². The molecule has 12 atom stereocenters. The number of carbonyl (C=O) groups is 3. The molecule has 11 heteroatoms. The van der Waals surface area contributed by atoms with Gasteiger partial charge in [-0.2, -0.15) is 0 Å². The van der Waals surface area contributed by atoms with E-state index in [4.69, 9.17) is 9.84 Å². The predicted molar refractivity (Wildman–Crippen MR) is 130 cm³/mol. The Morgan fingerprint density at radius 3 is 2.32 bits per heavy atom. The summed E-state index contributed by atoms with van der Waals surface area (Å²) in [6.07, 6.45) is -4.82. The highest BCUT2D eigenvalue weighted by molar-refractivity contribution is 5.94. The lowest BCUT2D eigenvalue weighted by atomic mass is 9.44. The van der Waals surface area contributed by atoms with Crippen LogP contribution in [0.5, 0.6) is 0 Å². The molecule has 38 heavy (non-hydrogen) atoms. The van der Waals surface area contributed by atoms with Crippen molar-refractivity contribution < 1.29 is 54.9 Å². The van der Waals surface area contributed by atoms with Crippen LogP contribution >= 0.6 is 0 Å². The minimum absolute atomic E-state index is 0.0271. The summed E-state index contributed by atoms with van der Waals surface area (Å²) in [4.78, 5) is 40.2. The maximum Gasteiger partial charge on any atom is 0.338 e. The van der Waals surface area contributed by atoms with Gasteiger partial charge in [0.05, 0.1) is 12.7 Å². The highest BCUT2D eigenvalue weighted by Crippen LogP contribution is 2.68. The Morgan fingerprint density at radius 2 is 1.68 bits per heavy atom. The van der Waals surface area contributed by atoms with Gasteiger partial charge in [0, 0.05) is 17.8 Å². The lowest BCUT2D eigenvalue weighted by molar-refractivity contribution is -0.207. The Hall–Kier alpha value is -1.47. The van der Waals surface area contributed by atoms with Gasteiger partial charge in [0.2, 0.25) is 5.78 Å². The second kappa shape index (κ2) is 10.5. The number of ketones is 2. The van der Waals surface area contributed by atoms with Gasteiger partial charge in [-0.3, -0.25) is 9.59 Å². The van der Waals surface area contributed by atoms with Crippen molar-refractivity contribution >= 4 is 17.5 Å². The Balaban J connectivity index is 1.64. The summed E-state index contributed by atoms with van der Waals surface area (Å²) in [7, 11) is 0. The zero-order chi connectivity index (χ0) is 28.2. The van der Waals surface area contributed by atoms with Crippen LogP contribution in [0.15, 0.2) is 0 Å². The lowest BCUT2D eigenvalue weighted by Gasteiger charge is -2.60. The molecule has 0 aromatic heterocycles. The summed E-state index contributed by atoms with van der Waals surface area (Å²) in [6, 6.07) is 0. The second-order valence-electron chi connectivity index (χ2n) is 12.6. The van der Waals surface area contributed by atoms with Crippen molar-refractivity contribution in [3.8, 4) is 0 Å². The van der Waals surface area contributed by atoms with Crippen molar-refractivity contribution in [1.82, 2.24) is 0 Å². The van der Waals surface area contributed by atoms with E-state index in [-0.39, 0.29) is 53.8 Å². The van der Waals surface area contributed by atoms with E-state index in [0.29, 0.717) is 19.3 Å². The first-order valence-corrected chi connectivity index (χ1v) is 13.7. The van der Waals surface area contributed by atoms with Gasteiger partial charge in [0.25, 0.3) is 0 Å². The molecule has 0 spiro atoms. The Bertz CT molecular complexity index is 940. The zero-order valence-electron chi connectivity index (χ0n) is 22.0. The van der Waals surface area contributed by atoms with Crippen molar-refractivity contribution in [3.05, 3.63) is 0 Å². The molecule has 0 bridgehead atoms. The van der Waals surface area contributed by atoms with E-state index in [1.54, 1.807) is 6.92 Å². The third-order valence-corrected chi connectivity index (χ3v) is 10.8. The smallest absolute Gasteiger partial charge is 0.338 e. The van der Waals surface area contributed by atoms with Gasteiger partial charge in [-0.1, -0.05) is 13.8 Å². The molecular formula is C27H42O11. The van der Waals surface area contributed by atoms with Crippen LogP contribution in [0.25, 0.3) is 0 Å². The van der Waals surface area contributed by atoms with E-state index in [9.17, 15) is 45.0 Å². The standard InChI is InChI=1S/C27H42O11/c1-25-7-5-14(30)9-13(25)3-4-15-16-6-8-27(19(33)12-29,26(16,2)10-17(31)20(15)25)38-24(37)23(36)22(35)21(34)18(32)11-28/h13-16,18,20-23,28-30,32,34-36H,3-12H2,1-2H3/t13-,14-,15+,16+,18-,20-,21-,22+,23-,25+,26+,27+/m1/s1. The van der Waals surface area contributed by atoms with E-state index in [0.717, 1.165) is 19.3 Å². The van der Waals surface area contributed by atoms with Gasteiger partial charge in [0.1, 0.15) is 30.7 Å². The number of ether oxygens (including phenoxy) is 1.